The maximum absolute atomic E-state index is 14.7. The lowest BCUT2D eigenvalue weighted by Crippen LogP contribution is -2.33. The predicted octanol–water partition coefficient (Wildman–Crippen LogP) is 2.18. The molecule has 0 saturated heterocycles. The third kappa shape index (κ3) is 4.92. The summed E-state index contributed by atoms with van der Waals surface area (Å²) in [6.07, 6.45) is -15.3. The van der Waals surface area contributed by atoms with Gasteiger partial charge in [0.2, 0.25) is 0 Å². The molecule has 2 saturated carbocycles. The molecule has 6 atom stereocenters. The zero-order valence-corrected chi connectivity index (χ0v) is 20.0. The molecule has 2 aromatic heterocycles. The highest BCUT2D eigenvalue weighted by atomic mass is 32.2. The fraction of sp³-hybridized carbons (Fsp3) is 0.583. The average Bonchev–Trinajstić information content (AvgIpc) is 3.43. The first kappa shape index (κ1) is 14.5. The van der Waals surface area contributed by atoms with Crippen LogP contribution in [-0.2, 0) is 4.74 Å². The molecule has 0 aliphatic heterocycles. The van der Waals surface area contributed by atoms with E-state index >= 15 is 0 Å². The second-order valence-corrected chi connectivity index (χ2v) is 8.69. The van der Waals surface area contributed by atoms with Crippen LogP contribution in [0.5, 0.6) is 0 Å². The topological polar surface area (TPSA) is 138 Å². The van der Waals surface area contributed by atoms with Crippen LogP contribution in [0.15, 0.2) is 23.3 Å². The van der Waals surface area contributed by atoms with Gasteiger partial charge in [0.05, 0.1) is 36.3 Å². The number of nitrogens with one attached hydrogen (secondary N) is 1. The largest absolute Gasteiger partial charge is 0.394 e. The van der Waals surface area contributed by atoms with E-state index in [0.29, 0.717) is 11.8 Å². The van der Waals surface area contributed by atoms with Gasteiger partial charge < -0.3 is 25.4 Å². The molecule has 0 unspecified atom stereocenters. The van der Waals surface area contributed by atoms with Crippen LogP contribution in [0.3, 0.4) is 0 Å². The molecule has 0 spiro atoms. The van der Waals surface area contributed by atoms with Crippen molar-refractivity contribution < 1.29 is 40.9 Å². The fourth-order valence-electron chi connectivity index (χ4n) is 3.43. The quantitative estimate of drug-likeness (QED) is 0.228. The lowest BCUT2D eigenvalue weighted by molar-refractivity contribution is -0.0629. The molecule has 1 aromatic carbocycles. The Morgan fingerprint density at radius 3 is 3.00 bits per heavy atom. The average molecular weight is 531 g/mol. The van der Waals surface area contributed by atoms with Gasteiger partial charge in [0, 0.05) is 29.5 Å². The van der Waals surface area contributed by atoms with E-state index in [1.807, 2.05) is 0 Å². The summed E-state index contributed by atoms with van der Waals surface area (Å²) in [6.45, 7) is 1.11. The van der Waals surface area contributed by atoms with Gasteiger partial charge >= 0.3 is 0 Å². The van der Waals surface area contributed by atoms with E-state index in [1.54, 1.807) is 0 Å². The summed E-state index contributed by atoms with van der Waals surface area (Å²) in [5, 5.41) is 41.2. The summed E-state index contributed by atoms with van der Waals surface area (Å²) < 4.78 is 122. The number of aliphatic hydroxyl groups is 3. The number of fused-ring (bicyclic) bond motifs is 1. The molecule has 2 heterocycles. The van der Waals surface area contributed by atoms with Crippen molar-refractivity contribution in [2.24, 2.45) is 0 Å². The third-order valence-corrected chi connectivity index (χ3v) is 6.10. The number of nitrogens with zero attached hydrogens (tertiary/aromatic N) is 5. The smallest absolute Gasteiger partial charge is 0.191 e. The molecule has 4 N–H and O–H groups in total. The van der Waals surface area contributed by atoms with Gasteiger partial charge in [-0.05, 0) is 36.9 Å². The van der Waals surface area contributed by atoms with E-state index in [-0.39, 0.29) is 34.5 Å². The molecule has 36 heavy (non-hydrogen) atoms. The molecular weight excluding hydrogens is 487 g/mol. The van der Waals surface area contributed by atoms with Crippen molar-refractivity contribution in [2.75, 3.05) is 24.2 Å². The highest BCUT2D eigenvalue weighted by Crippen LogP contribution is 2.44. The highest BCUT2D eigenvalue weighted by molar-refractivity contribution is 7.99. The number of aromatic nitrogens is 5. The van der Waals surface area contributed by atoms with E-state index in [0.717, 1.165) is 0 Å². The first-order chi connectivity index (χ1) is 21.9. The number of thioether (sulfide) groups is 1. The fourth-order valence-corrected chi connectivity index (χ4v) is 3.97. The van der Waals surface area contributed by atoms with Gasteiger partial charge in [-0.2, -0.15) is 0 Å². The number of rotatable bonds is 10. The van der Waals surface area contributed by atoms with Gasteiger partial charge in [-0.15, -0.1) is 5.10 Å². The standard InChI is InChI=1S/C24H31FN6O4S/c1-3-8-36-24-27-22(26-16-10-14(16)13-5-4-12(2)15(25)9-13)19-23(28-24)31(30-29-19)17-11-18(35-7-6-32)21(34)20(17)33/h4-5,9,14,16-18,20-21,32-34H,3,6-8,10-11H2,1-2H3,(H,26,27,28)/t14-,16+,17+,18-,20-,21+/m0/s1/i4D,5D,8D2,9D,11D2,16D,17D,18D,20D,21D. The van der Waals surface area contributed by atoms with E-state index in [9.17, 15) is 19.7 Å². The molecule has 5 rings (SSSR count). The molecule has 194 valence electrons. The number of aliphatic hydroxyl groups excluding tert-OH is 1. The summed E-state index contributed by atoms with van der Waals surface area (Å²) in [5.41, 5.74) is -3.54. The SMILES string of the molecule is [2H]c1c([2H])c([C@@H]2C[C@@]2([2H])Nc2nc(SC([2H])([2H])CC)nc3c2nnn3[C@]2([2H])C([2H])([2H])[C@]([2H])(OCCO)[C@@]([2H])(O)[C@@]2([2H])O)c([2H])c(F)c1C. The third-order valence-electron chi connectivity index (χ3n) is 5.30. The summed E-state index contributed by atoms with van der Waals surface area (Å²) in [4.78, 5) is 8.38. The van der Waals surface area contributed by atoms with Crippen LogP contribution in [0.1, 0.15) is 65.7 Å². The monoisotopic (exact) mass is 530 g/mol. The Labute approximate surface area is 229 Å². The van der Waals surface area contributed by atoms with Crippen LogP contribution in [-0.4, -0.2) is 83.5 Å². The minimum atomic E-state index is -3.96. The summed E-state index contributed by atoms with van der Waals surface area (Å²) in [6, 6.07) is -7.04. The normalized spacial score (nSPS) is 44.4. The van der Waals surface area contributed by atoms with Gasteiger partial charge in [-0.3, -0.25) is 0 Å². The van der Waals surface area contributed by atoms with Crippen molar-refractivity contribution in [1.29, 1.82) is 0 Å². The Morgan fingerprint density at radius 1 is 1.39 bits per heavy atom. The van der Waals surface area contributed by atoms with Gasteiger partial charge in [0.15, 0.2) is 22.1 Å². The molecule has 2 aliphatic rings. The van der Waals surface area contributed by atoms with Gasteiger partial charge in [0.25, 0.3) is 0 Å². The van der Waals surface area contributed by atoms with Crippen molar-refractivity contribution in [3.63, 3.8) is 0 Å². The van der Waals surface area contributed by atoms with Gasteiger partial charge in [-0.1, -0.05) is 36.0 Å². The second-order valence-electron chi connectivity index (χ2n) is 7.83. The lowest BCUT2D eigenvalue weighted by Gasteiger charge is -2.17. The van der Waals surface area contributed by atoms with Crippen LogP contribution < -0.4 is 5.32 Å². The van der Waals surface area contributed by atoms with Crippen molar-refractivity contribution in [3.8, 4) is 0 Å². The van der Waals surface area contributed by atoms with Crippen LogP contribution in [0, 0.1) is 12.7 Å². The number of halogens is 1. The molecule has 0 radical (unpaired) electrons. The summed E-state index contributed by atoms with van der Waals surface area (Å²) in [7, 11) is 0. The Kier molecular flexibility index (Phi) is 4.25. The van der Waals surface area contributed by atoms with Crippen molar-refractivity contribution in [2.45, 2.75) is 74.4 Å². The second kappa shape index (κ2) is 10.5. The van der Waals surface area contributed by atoms with Crippen LogP contribution in [0.25, 0.3) is 11.2 Å². The van der Waals surface area contributed by atoms with Crippen LogP contribution >= 0.6 is 11.8 Å². The lowest BCUT2D eigenvalue weighted by atomic mass is 10.1. The summed E-state index contributed by atoms with van der Waals surface area (Å²) in [5.74, 6) is -2.42. The van der Waals surface area contributed by atoms with E-state index in [2.05, 4.69) is 25.6 Å². The number of hydrogen-bond donors (Lipinski definition) is 4. The molecule has 2 aliphatic carbocycles. The predicted molar refractivity (Wildman–Crippen MR) is 133 cm³/mol. The maximum atomic E-state index is 14.7. The molecule has 10 nitrogen and oxygen atoms in total. The van der Waals surface area contributed by atoms with Gasteiger partial charge in [0.1, 0.15) is 18.0 Å². The molecular formula is C24H31FN6O4S. The Balaban J connectivity index is 1.69. The number of hydrogen-bond acceptors (Lipinski definition) is 10. The molecule has 3 aromatic rings. The van der Waals surface area contributed by atoms with Crippen molar-refractivity contribution in [3.05, 3.63) is 35.1 Å². The first-order valence-electron chi connectivity index (χ1n) is 17.0. The van der Waals surface area contributed by atoms with Gasteiger partial charge in [-0.25, -0.2) is 19.0 Å². The maximum Gasteiger partial charge on any atom is 0.191 e. The van der Waals surface area contributed by atoms with E-state index in [1.165, 1.54) is 13.8 Å². The van der Waals surface area contributed by atoms with Crippen LogP contribution in [0.2, 0.25) is 0 Å². The first-order valence-corrected chi connectivity index (χ1v) is 11.8. The Hall–Kier alpha value is -2.38. The number of ether oxygens (including phenoxy) is 1. The van der Waals surface area contributed by atoms with Crippen molar-refractivity contribution in [1.82, 2.24) is 25.0 Å². The molecule has 0 bridgehead atoms. The highest BCUT2D eigenvalue weighted by Gasteiger charge is 2.45. The van der Waals surface area contributed by atoms with E-state index < -0.39 is 102 Å². The van der Waals surface area contributed by atoms with Crippen LogP contribution in [0.4, 0.5) is 10.2 Å². The molecule has 0 amide bonds. The Morgan fingerprint density at radius 2 is 2.22 bits per heavy atom. The summed E-state index contributed by atoms with van der Waals surface area (Å²) >= 11 is 0.459. The molecule has 12 heteroatoms. The number of benzene rings is 1. The minimum Gasteiger partial charge on any atom is -0.394 e. The van der Waals surface area contributed by atoms with E-state index in [4.69, 9.17) is 21.2 Å². The minimum absolute atomic E-state index is 0.0658. The Bertz CT molecular complexity index is 1780. The van der Waals surface area contributed by atoms with Crippen molar-refractivity contribution >= 4 is 28.7 Å². The number of anilines is 1. The molecule has 2 fully saturated rings. The zero-order chi connectivity index (χ0) is 36.2. The zero-order valence-electron chi connectivity index (χ0n) is 31.2.